The van der Waals surface area contributed by atoms with E-state index in [1.165, 1.54) is 11.9 Å². The Morgan fingerprint density at radius 2 is 2.30 bits per heavy atom. The van der Waals surface area contributed by atoms with Crippen LogP contribution in [0.25, 0.3) is 0 Å². The van der Waals surface area contributed by atoms with Crippen molar-refractivity contribution in [1.82, 2.24) is 5.32 Å². The Labute approximate surface area is 117 Å². The summed E-state index contributed by atoms with van der Waals surface area (Å²) in [6, 6.07) is 5.15. The van der Waals surface area contributed by atoms with Crippen molar-refractivity contribution < 1.29 is 19.4 Å². The van der Waals surface area contributed by atoms with E-state index in [1.807, 2.05) is 0 Å². The molecule has 0 saturated heterocycles. The van der Waals surface area contributed by atoms with Gasteiger partial charge in [-0.3, -0.25) is 14.5 Å². The normalized spacial score (nSPS) is 15.9. The number of carbonyl (C=O) groups excluding carboxylic acids is 2. The van der Waals surface area contributed by atoms with Crippen molar-refractivity contribution >= 4 is 17.5 Å². The zero-order valence-electron chi connectivity index (χ0n) is 11.5. The second kappa shape index (κ2) is 5.92. The molecule has 1 aliphatic heterocycles. The number of amides is 2. The first-order chi connectivity index (χ1) is 9.52. The van der Waals surface area contributed by atoms with E-state index < -0.39 is 6.10 Å². The summed E-state index contributed by atoms with van der Waals surface area (Å²) in [6.07, 6.45) is -0.434. The number of anilines is 1. The fourth-order valence-corrected chi connectivity index (χ4v) is 2.04. The van der Waals surface area contributed by atoms with Crippen LogP contribution in [0.4, 0.5) is 5.69 Å². The summed E-state index contributed by atoms with van der Waals surface area (Å²) in [5, 5.41) is 12.2. The molecule has 0 spiro atoms. The first-order valence-electron chi connectivity index (χ1n) is 6.48. The highest BCUT2D eigenvalue weighted by molar-refractivity contribution is 6.00. The van der Waals surface area contributed by atoms with E-state index in [-0.39, 0.29) is 31.4 Å². The number of likely N-dealkylation sites (N-methyl/N-ethyl adjacent to an activating group) is 1. The van der Waals surface area contributed by atoms with E-state index in [2.05, 4.69) is 5.32 Å². The Bertz CT molecular complexity index is 528. The molecule has 20 heavy (non-hydrogen) atoms. The molecule has 0 radical (unpaired) electrons. The minimum atomic E-state index is -0.652. The molecule has 0 fully saturated rings. The van der Waals surface area contributed by atoms with Crippen molar-refractivity contribution in [2.24, 2.45) is 0 Å². The van der Waals surface area contributed by atoms with E-state index in [9.17, 15) is 14.7 Å². The maximum atomic E-state index is 12.1. The maximum Gasteiger partial charge on any atom is 0.239 e. The molecule has 2 rings (SSSR count). The molecule has 6 heteroatoms. The van der Waals surface area contributed by atoms with Gasteiger partial charge in [0.05, 0.1) is 24.8 Å². The van der Waals surface area contributed by atoms with Crippen LogP contribution in [0.2, 0.25) is 0 Å². The second-order valence-corrected chi connectivity index (χ2v) is 4.65. The van der Waals surface area contributed by atoms with E-state index in [0.29, 0.717) is 17.0 Å². The van der Waals surface area contributed by atoms with Gasteiger partial charge in [-0.05, 0) is 24.6 Å². The number of aliphatic hydroxyl groups excluding tert-OH is 1. The van der Waals surface area contributed by atoms with Crippen LogP contribution >= 0.6 is 0 Å². The zero-order valence-corrected chi connectivity index (χ0v) is 11.5. The van der Waals surface area contributed by atoms with E-state index >= 15 is 0 Å². The molecule has 0 saturated carbocycles. The lowest BCUT2D eigenvalue weighted by molar-refractivity contribution is -0.123. The molecule has 1 aromatic rings. The highest BCUT2D eigenvalue weighted by atomic mass is 16.5. The minimum absolute atomic E-state index is 0.0606. The first-order valence-corrected chi connectivity index (χ1v) is 6.48. The van der Waals surface area contributed by atoms with Crippen molar-refractivity contribution in [2.45, 2.75) is 19.4 Å². The number of ether oxygens (including phenoxy) is 1. The van der Waals surface area contributed by atoms with Gasteiger partial charge in [-0.25, -0.2) is 0 Å². The Balaban J connectivity index is 2.42. The lowest BCUT2D eigenvalue weighted by Crippen LogP contribution is -2.39. The number of nitrogens with zero attached hydrogens (tertiary/aromatic N) is 1. The zero-order chi connectivity index (χ0) is 14.7. The van der Waals surface area contributed by atoms with Crippen molar-refractivity contribution in [3.05, 3.63) is 23.8 Å². The molecule has 1 atom stereocenters. The summed E-state index contributed by atoms with van der Waals surface area (Å²) >= 11 is 0. The van der Waals surface area contributed by atoms with Crippen LogP contribution in [0.1, 0.15) is 25.0 Å². The van der Waals surface area contributed by atoms with E-state index in [1.54, 1.807) is 25.1 Å². The number of hydrogen-bond acceptors (Lipinski definition) is 4. The van der Waals surface area contributed by atoms with Crippen molar-refractivity contribution in [3.8, 4) is 5.75 Å². The molecule has 108 valence electrons. The van der Waals surface area contributed by atoms with Gasteiger partial charge in [-0.2, -0.15) is 0 Å². The molecule has 0 aliphatic carbocycles. The van der Waals surface area contributed by atoms with Crippen LogP contribution in [-0.2, 0) is 9.59 Å². The summed E-state index contributed by atoms with van der Waals surface area (Å²) in [4.78, 5) is 25.1. The SMILES string of the molecule is CNC(=O)CN1C(=O)CCOc2ccc(C(C)O)cc21. The highest BCUT2D eigenvalue weighted by Crippen LogP contribution is 2.33. The quantitative estimate of drug-likeness (QED) is 0.848. The molecule has 1 aliphatic rings. The highest BCUT2D eigenvalue weighted by Gasteiger charge is 2.25. The van der Waals surface area contributed by atoms with Gasteiger partial charge in [0, 0.05) is 7.05 Å². The third-order valence-electron chi connectivity index (χ3n) is 3.21. The smallest absolute Gasteiger partial charge is 0.239 e. The standard InChI is InChI=1S/C14H18N2O4/c1-9(17)10-3-4-12-11(7-10)16(8-13(18)15-2)14(19)5-6-20-12/h3-4,7,9,17H,5-6,8H2,1-2H3,(H,15,18). The summed E-state index contributed by atoms with van der Waals surface area (Å²) in [5.41, 5.74) is 1.19. The van der Waals surface area contributed by atoms with Crippen molar-refractivity contribution in [2.75, 3.05) is 25.1 Å². The molecule has 1 aromatic carbocycles. The molecular formula is C14H18N2O4. The topological polar surface area (TPSA) is 78.9 Å². The van der Waals surface area contributed by atoms with Crippen molar-refractivity contribution in [1.29, 1.82) is 0 Å². The predicted molar refractivity (Wildman–Crippen MR) is 73.6 cm³/mol. The van der Waals surface area contributed by atoms with Gasteiger partial charge in [-0.1, -0.05) is 6.07 Å². The summed E-state index contributed by atoms with van der Waals surface area (Å²) in [7, 11) is 1.52. The van der Waals surface area contributed by atoms with Gasteiger partial charge >= 0.3 is 0 Å². The van der Waals surface area contributed by atoms with Gasteiger partial charge in [-0.15, -0.1) is 0 Å². The first kappa shape index (κ1) is 14.3. The third kappa shape index (κ3) is 2.91. The van der Waals surface area contributed by atoms with Crippen molar-refractivity contribution in [3.63, 3.8) is 0 Å². The Morgan fingerprint density at radius 1 is 1.55 bits per heavy atom. The van der Waals surface area contributed by atoms with Crippen LogP contribution in [0, 0.1) is 0 Å². The number of fused-ring (bicyclic) bond motifs is 1. The van der Waals surface area contributed by atoms with Crippen LogP contribution < -0.4 is 15.0 Å². The molecule has 0 bridgehead atoms. The fraction of sp³-hybridized carbons (Fsp3) is 0.429. The maximum absolute atomic E-state index is 12.1. The number of rotatable bonds is 3. The summed E-state index contributed by atoms with van der Waals surface area (Å²) in [5.74, 6) is 0.118. The van der Waals surface area contributed by atoms with E-state index in [0.717, 1.165) is 0 Å². The molecule has 6 nitrogen and oxygen atoms in total. The molecular weight excluding hydrogens is 260 g/mol. The molecule has 1 heterocycles. The van der Waals surface area contributed by atoms with Gasteiger partial charge in [0.15, 0.2) is 0 Å². The summed E-state index contributed by atoms with van der Waals surface area (Å²) < 4.78 is 5.52. The number of nitrogens with one attached hydrogen (secondary N) is 1. The molecule has 2 amide bonds. The number of carbonyl (C=O) groups is 2. The van der Waals surface area contributed by atoms with Crippen LogP contribution in [0.5, 0.6) is 5.75 Å². The lowest BCUT2D eigenvalue weighted by Gasteiger charge is -2.22. The third-order valence-corrected chi connectivity index (χ3v) is 3.21. The van der Waals surface area contributed by atoms with Crippen LogP contribution in [-0.4, -0.2) is 37.1 Å². The Hall–Kier alpha value is -2.08. The van der Waals surface area contributed by atoms with Gasteiger partial charge in [0.2, 0.25) is 11.8 Å². The number of hydrogen-bond donors (Lipinski definition) is 2. The van der Waals surface area contributed by atoms with Crippen LogP contribution in [0.15, 0.2) is 18.2 Å². The lowest BCUT2D eigenvalue weighted by atomic mass is 10.1. The molecule has 0 aromatic heterocycles. The Kier molecular flexibility index (Phi) is 4.24. The fourth-order valence-electron chi connectivity index (χ4n) is 2.04. The van der Waals surface area contributed by atoms with Gasteiger partial charge < -0.3 is 15.2 Å². The summed E-state index contributed by atoms with van der Waals surface area (Å²) in [6.45, 7) is 1.86. The molecule has 1 unspecified atom stereocenters. The number of aliphatic hydroxyl groups is 1. The average Bonchev–Trinajstić information content (AvgIpc) is 2.58. The van der Waals surface area contributed by atoms with Gasteiger partial charge in [0.25, 0.3) is 0 Å². The van der Waals surface area contributed by atoms with E-state index in [4.69, 9.17) is 4.74 Å². The predicted octanol–water partition coefficient (Wildman–Crippen LogP) is 0.601. The Morgan fingerprint density at radius 3 is 2.95 bits per heavy atom. The average molecular weight is 278 g/mol. The second-order valence-electron chi connectivity index (χ2n) is 4.65. The van der Waals surface area contributed by atoms with Crippen LogP contribution in [0.3, 0.4) is 0 Å². The monoisotopic (exact) mass is 278 g/mol. The number of benzene rings is 1. The van der Waals surface area contributed by atoms with Gasteiger partial charge in [0.1, 0.15) is 12.3 Å². The minimum Gasteiger partial charge on any atom is -0.491 e. The molecule has 2 N–H and O–H groups in total. The largest absolute Gasteiger partial charge is 0.491 e.